The number of aromatic nitrogens is 3. The number of hydrogen-bond acceptors (Lipinski definition) is 7. The van der Waals surface area contributed by atoms with Gasteiger partial charge < -0.3 is 20.5 Å². The number of anilines is 4. The number of aromatic amines is 1. The van der Waals surface area contributed by atoms with Crippen LogP contribution in [0, 0.1) is 0 Å². The van der Waals surface area contributed by atoms with Crippen LogP contribution in [0.1, 0.15) is 15.9 Å². The van der Waals surface area contributed by atoms with Gasteiger partial charge in [0, 0.05) is 26.2 Å². The van der Waals surface area contributed by atoms with Crippen molar-refractivity contribution in [3.05, 3.63) is 71.8 Å². The Balaban J connectivity index is 0.00000154. The van der Waals surface area contributed by atoms with Crippen LogP contribution in [0.5, 0.6) is 0 Å². The predicted octanol–water partition coefficient (Wildman–Crippen LogP) is 6.86. The Morgan fingerprint density at radius 2 is 1.63 bits per heavy atom. The second-order valence-corrected chi connectivity index (χ2v) is 9.85. The molecule has 8 nitrogen and oxygen atoms in total. The van der Waals surface area contributed by atoms with Crippen LogP contribution in [0.3, 0.4) is 0 Å². The summed E-state index contributed by atoms with van der Waals surface area (Å²) in [5, 5.41) is 9.45. The number of rotatable bonds is 5. The third kappa shape index (κ3) is 6.79. The first-order valence-electron chi connectivity index (χ1n) is 11.9. The third-order valence-corrected chi connectivity index (χ3v) is 7.25. The van der Waals surface area contributed by atoms with Gasteiger partial charge in [0.05, 0.1) is 43.8 Å². The lowest BCUT2D eigenvalue weighted by atomic mass is 10.1. The Hall–Kier alpha value is -3.29. The minimum Gasteiger partial charge on any atom is -0.368 e. The van der Waals surface area contributed by atoms with Crippen LogP contribution in [0.4, 0.5) is 35.6 Å². The number of para-hydroxylation sites is 2. The third-order valence-electron chi connectivity index (χ3n) is 6.30. The lowest BCUT2D eigenvalue weighted by Gasteiger charge is -2.30. The molecule has 41 heavy (non-hydrogen) atoms. The number of carbonyl (C=O) groups excluding carboxylic acids is 1. The summed E-state index contributed by atoms with van der Waals surface area (Å²) in [6, 6.07) is 16.3. The molecule has 1 fully saturated rings. The molecule has 0 aliphatic carbocycles. The fraction of sp³-hybridized carbons (Fsp3) is 0.192. The van der Waals surface area contributed by atoms with Gasteiger partial charge in [-0.05, 0) is 36.4 Å². The average molecular weight is 647 g/mol. The molecule has 3 aromatic carbocycles. The lowest BCUT2D eigenvalue weighted by molar-refractivity contribution is -0.136. The molecule has 218 valence electrons. The molecule has 1 aliphatic heterocycles. The SMILES string of the molecule is Cl.Cl.Cl.O=C(Nc1nc2ccccc2s1)c1cc2nc(Nc3ccccc3C(F)(F)F)[nH]c2cc1N1CCNCC1. The smallest absolute Gasteiger partial charge is 0.368 e. The van der Waals surface area contributed by atoms with Gasteiger partial charge in [-0.3, -0.25) is 10.1 Å². The van der Waals surface area contributed by atoms with E-state index in [-0.39, 0.29) is 54.8 Å². The molecule has 3 heterocycles. The van der Waals surface area contributed by atoms with E-state index in [1.165, 1.54) is 29.5 Å². The molecule has 1 amide bonds. The number of H-pyrrole nitrogens is 1. The zero-order valence-corrected chi connectivity index (χ0v) is 24.4. The lowest BCUT2D eigenvalue weighted by Crippen LogP contribution is -2.44. The van der Waals surface area contributed by atoms with Gasteiger partial charge >= 0.3 is 6.18 Å². The molecular weight excluding hydrogens is 622 g/mol. The van der Waals surface area contributed by atoms with Gasteiger partial charge in [-0.2, -0.15) is 13.2 Å². The maximum absolute atomic E-state index is 13.5. The van der Waals surface area contributed by atoms with E-state index in [1.807, 2.05) is 30.3 Å². The van der Waals surface area contributed by atoms with Crippen LogP contribution in [0.25, 0.3) is 21.3 Å². The number of thiazole rings is 1. The van der Waals surface area contributed by atoms with Gasteiger partial charge in [-0.15, -0.1) is 37.2 Å². The number of piperazine rings is 1. The van der Waals surface area contributed by atoms with E-state index in [2.05, 4.69) is 35.8 Å². The van der Waals surface area contributed by atoms with Crippen molar-refractivity contribution in [2.45, 2.75) is 6.18 Å². The zero-order valence-electron chi connectivity index (χ0n) is 21.1. The summed E-state index contributed by atoms with van der Waals surface area (Å²) in [6.45, 7) is 2.93. The first-order chi connectivity index (χ1) is 18.3. The van der Waals surface area contributed by atoms with Crippen molar-refractivity contribution in [2.75, 3.05) is 41.7 Å². The molecule has 0 radical (unpaired) electrons. The first-order valence-corrected chi connectivity index (χ1v) is 12.8. The van der Waals surface area contributed by atoms with Crippen molar-refractivity contribution >= 4 is 98.2 Å². The number of fused-ring (bicyclic) bond motifs is 2. The van der Waals surface area contributed by atoms with Crippen molar-refractivity contribution in [3.63, 3.8) is 0 Å². The first kappa shape index (κ1) is 32.2. The fourth-order valence-electron chi connectivity index (χ4n) is 4.51. The highest BCUT2D eigenvalue weighted by Gasteiger charge is 2.33. The summed E-state index contributed by atoms with van der Waals surface area (Å²) in [5.41, 5.74) is 2.06. The molecule has 4 N–H and O–H groups in total. The highest BCUT2D eigenvalue weighted by molar-refractivity contribution is 7.22. The van der Waals surface area contributed by atoms with E-state index in [0.717, 1.165) is 29.4 Å². The molecule has 0 spiro atoms. The van der Waals surface area contributed by atoms with Crippen LogP contribution in [-0.4, -0.2) is 47.0 Å². The number of alkyl halides is 3. The fourth-order valence-corrected chi connectivity index (χ4v) is 5.37. The van der Waals surface area contributed by atoms with Gasteiger partial charge in [-0.25, -0.2) is 9.97 Å². The number of carbonyl (C=O) groups is 1. The number of benzene rings is 3. The summed E-state index contributed by atoms with van der Waals surface area (Å²) in [5.74, 6) is -0.189. The number of imidazole rings is 1. The monoisotopic (exact) mass is 645 g/mol. The molecule has 1 aliphatic rings. The van der Waals surface area contributed by atoms with Crippen LogP contribution in [0.2, 0.25) is 0 Å². The molecule has 0 unspecified atom stereocenters. The van der Waals surface area contributed by atoms with E-state index < -0.39 is 11.7 Å². The molecule has 15 heteroatoms. The van der Waals surface area contributed by atoms with Crippen LogP contribution in [-0.2, 0) is 6.18 Å². The summed E-state index contributed by atoms with van der Waals surface area (Å²) in [7, 11) is 0. The van der Waals surface area contributed by atoms with E-state index >= 15 is 0 Å². The number of hydrogen-bond donors (Lipinski definition) is 4. The van der Waals surface area contributed by atoms with Gasteiger partial charge in [-0.1, -0.05) is 35.6 Å². The van der Waals surface area contributed by atoms with Crippen molar-refractivity contribution in [1.29, 1.82) is 0 Å². The number of amides is 1. The van der Waals surface area contributed by atoms with Crippen LogP contribution < -0.4 is 20.9 Å². The van der Waals surface area contributed by atoms with E-state index in [0.29, 0.717) is 40.5 Å². The Labute approximate surface area is 255 Å². The molecule has 0 saturated carbocycles. The second-order valence-electron chi connectivity index (χ2n) is 8.82. The minimum atomic E-state index is -4.52. The second kappa shape index (κ2) is 13.1. The van der Waals surface area contributed by atoms with Crippen molar-refractivity contribution < 1.29 is 18.0 Å². The van der Waals surface area contributed by atoms with E-state index in [4.69, 9.17) is 0 Å². The Bertz CT molecular complexity index is 1620. The topological polar surface area (TPSA) is 98.0 Å². The minimum absolute atomic E-state index is 0. The molecule has 0 atom stereocenters. The highest BCUT2D eigenvalue weighted by Crippen LogP contribution is 2.36. The quantitative estimate of drug-likeness (QED) is 0.167. The van der Waals surface area contributed by atoms with Gasteiger partial charge in [0.2, 0.25) is 5.95 Å². The molecule has 1 saturated heterocycles. The van der Waals surface area contributed by atoms with Gasteiger partial charge in [0.1, 0.15) is 0 Å². The standard InChI is InChI=1S/C26H22F3N7OS.3ClH/c27-26(28,29)16-5-1-2-6-17(16)31-24-32-19-13-15(21(14-20(19)33-24)36-11-9-30-10-12-36)23(37)35-25-34-18-7-3-4-8-22(18)38-25;;;/h1-8,13-14,30H,9-12H2,(H2,31,32,33)(H,34,35,37);3*1H. The van der Waals surface area contributed by atoms with E-state index in [1.54, 1.807) is 6.07 Å². The summed E-state index contributed by atoms with van der Waals surface area (Å²) in [4.78, 5) is 27.6. The number of nitrogens with one attached hydrogen (secondary N) is 4. The summed E-state index contributed by atoms with van der Waals surface area (Å²) in [6.07, 6.45) is -4.52. The number of nitrogens with zero attached hydrogens (tertiary/aromatic N) is 3. The average Bonchev–Trinajstić information content (AvgIpc) is 3.50. The van der Waals surface area contributed by atoms with Crippen molar-refractivity contribution in [3.8, 4) is 0 Å². The molecular formula is C26H25Cl3F3N7OS. The van der Waals surface area contributed by atoms with Crippen molar-refractivity contribution in [1.82, 2.24) is 20.3 Å². The molecule has 2 aromatic heterocycles. The Morgan fingerprint density at radius 3 is 2.37 bits per heavy atom. The molecule has 6 rings (SSSR count). The van der Waals surface area contributed by atoms with Crippen molar-refractivity contribution in [2.24, 2.45) is 0 Å². The maximum atomic E-state index is 13.5. The van der Waals surface area contributed by atoms with Crippen LogP contribution in [0.15, 0.2) is 60.7 Å². The van der Waals surface area contributed by atoms with Gasteiger partial charge in [0.15, 0.2) is 5.13 Å². The Morgan fingerprint density at radius 1 is 0.927 bits per heavy atom. The highest BCUT2D eigenvalue weighted by atomic mass is 35.5. The van der Waals surface area contributed by atoms with Crippen LogP contribution >= 0.6 is 48.6 Å². The predicted molar refractivity (Wildman–Crippen MR) is 165 cm³/mol. The summed E-state index contributed by atoms with van der Waals surface area (Å²) >= 11 is 1.38. The summed E-state index contributed by atoms with van der Waals surface area (Å²) < 4.78 is 41.4. The van der Waals surface area contributed by atoms with E-state index in [9.17, 15) is 18.0 Å². The molecule has 5 aromatic rings. The van der Waals surface area contributed by atoms with Gasteiger partial charge in [0.25, 0.3) is 5.91 Å². The normalized spacial score (nSPS) is 13.2. The maximum Gasteiger partial charge on any atom is 0.418 e. The molecule has 0 bridgehead atoms. The number of halogens is 6. The zero-order chi connectivity index (χ0) is 26.3. The largest absolute Gasteiger partial charge is 0.418 e. The Kier molecular flexibility index (Phi) is 10.3.